The lowest BCUT2D eigenvalue weighted by atomic mass is 10.2. The Hall–Kier alpha value is -2.58. The van der Waals surface area contributed by atoms with Crippen LogP contribution in [0.1, 0.15) is 17.0 Å². The van der Waals surface area contributed by atoms with Crippen LogP contribution >= 0.6 is 0 Å². The minimum absolute atomic E-state index is 0.0840. The van der Waals surface area contributed by atoms with Crippen molar-refractivity contribution in [2.45, 2.75) is 19.1 Å². The van der Waals surface area contributed by atoms with Crippen LogP contribution in [-0.4, -0.2) is 25.2 Å². The van der Waals surface area contributed by atoms with E-state index in [2.05, 4.69) is 14.9 Å². The predicted octanol–water partition coefficient (Wildman–Crippen LogP) is 2.85. The van der Waals surface area contributed by atoms with Gasteiger partial charge in [0.1, 0.15) is 5.82 Å². The molecule has 0 amide bonds. The van der Waals surface area contributed by atoms with E-state index >= 15 is 0 Å². The van der Waals surface area contributed by atoms with Crippen LogP contribution in [0.15, 0.2) is 52.9 Å². The summed E-state index contributed by atoms with van der Waals surface area (Å²) in [7, 11) is -3.45. The summed E-state index contributed by atoms with van der Waals surface area (Å²) in [5.74, 6) is 0.140. The third kappa shape index (κ3) is 4.96. The minimum Gasteiger partial charge on any atom is -0.421 e. The van der Waals surface area contributed by atoms with E-state index < -0.39 is 10.0 Å². The van der Waals surface area contributed by atoms with Gasteiger partial charge in [-0.1, -0.05) is 29.8 Å². The average molecular weight is 375 g/mol. The van der Waals surface area contributed by atoms with E-state index in [0.717, 1.165) is 11.1 Å². The molecular formula is C18H18FN3O3S. The Labute approximate surface area is 151 Å². The number of halogens is 1. The fourth-order valence-electron chi connectivity index (χ4n) is 2.45. The first-order chi connectivity index (χ1) is 12.4. The molecule has 0 aliphatic rings. The van der Waals surface area contributed by atoms with Gasteiger partial charge in [-0.25, -0.2) is 17.5 Å². The number of aryl methyl sites for hydroxylation is 1. The summed E-state index contributed by atoms with van der Waals surface area (Å²) in [5.41, 5.74) is 2.34. The van der Waals surface area contributed by atoms with Crippen LogP contribution in [-0.2, 0) is 22.2 Å². The van der Waals surface area contributed by atoms with Gasteiger partial charge in [-0.05, 0) is 36.8 Å². The van der Waals surface area contributed by atoms with Crippen LogP contribution in [0.25, 0.3) is 11.5 Å². The highest BCUT2D eigenvalue weighted by molar-refractivity contribution is 7.88. The van der Waals surface area contributed by atoms with E-state index in [9.17, 15) is 12.8 Å². The molecule has 1 aromatic heterocycles. The highest BCUT2D eigenvalue weighted by atomic mass is 32.2. The maximum atomic E-state index is 12.9. The first-order valence-corrected chi connectivity index (χ1v) is 9.68. The number of sulfonamides is 1. The van der Waals surface area contributed by atoms with Gasteiger partial charge in [0.25, 0.3) is 0 Å². The smallest absolute Gasteiger partial charge is 0.247 e. The van der Waals surface area contributed by atoms with Gasteiger partial charge >= 0.3 is 0 Å². The quantitative estimate of drug-likeness (QED) is 0.686. The molecule has 0 radical (unpaired) electrons. The molecular weight excluding hydrogens is 357 g/mol. The molecule has 0 unspecified atom stereocenters. The number of hydrogen-bond donors (Lipinski definition) is 1. The molecule has 3 rings (SSSR count). The number of nitrogens with zero attached hydrogens (tertiary/aromatic N) is 2. The largest absolute Gasteiger partial charge is 0.421 e. The molecule has 8 heteroatoms. The topological polar surface area (TPSA) is 85.1 Å². The Balaban J connectivity index is 1.55. The summed E-state index contributed by atoms with van der Waals surface area (Å²) in [4.78, 5) is 0. The Morgan fingerprint density at radius 1 is 1.12 bits per heavy atom. The number of nitrogens with one attached hydrogen (secondary N) is 1. The van der Waals surface area contributed by atoms with E-state index in [1.807, 2.05) is 25.1 Å². The molecule has 0 fully saturated rings. The van der Waals surface area contributed by atoms with Crippen molar-refractivity contribution in [3.05, 3.63) is 71.4 Å². The van der Waals surface area contributed by atoms with Gasteiger partial charge in [-0.15, -0.1) is 10.2 Å². The monoisotopic (exact) mass is 375 g/mol. The van der Waals surface area contributed by atoms with E-state index in [1.165, 1.54) is 24.3 Å². The van der Waals surface area contributed by atoms with Crippen molar-refractivity contribution in [3.8, 4) is 11.5 Å². The van der Waals surface area contributed by atoms with Crippen LogP contribution in [0.3, 0.4) is 0 Å². The standard InChI is InChI=1S/C18H18FN3O3S/c1-13-3-2-4-14(11-13)12-26(23,24)20-10-9-17-21-22-18(25-17)15-5-7-16(19)8-6-15/h2-8,11,20H,9-10,12H2,1H3. The summed E-state index contributed by atoms with van der Waals surface area (Å²) < 4.78 is 45.2. The maximum absolute atomic E-state index is 12.9. The lowest BCUT2D eigenvalue weighted by molar-refractivity contribution is 0.501. The summed E-state index contributed by atoms with van der Waals surface area (Å²) in [6, 6.07) is 13.0. The van der Waals surface area contributed by atoms with Gasteiger partial charge in [0, 0.05) is 18.5 Å². The summed E-state index contributed by atoms with van der Waals surface area (Å²) in [6.45, 7) is 2.07. The molecule has 0 saturated heterocycles. The molecule has 0 bridgehead atoms. The first kappa shape index (κ1) is 18.2. The summed E-state index contributed by atoms with van der Waals surface area (Å²) in [5, 5.41) is 7.78. The van der Waals surface area contributed by atoms with Gasteiger partial charge in [-0.2, -0.15) is 0 Å². The van der Waals surface area contributed by atoms with Gasteiger partial charge in [0.2, 0.25) is 21.8 Å². The van der Waals surface area contributed by atoms with Crippen molar-refractivity contribution in [1.82, 2.24) is 14.9 Å². The molecule has 136 valence electrons. The van der Waals surface area contributed by atoms with Gasteiger partial charge in [0.05, 0.1) is 5.75 Å². The molecule has 6 nitrogen and oxygen atoms in total. The number of aromatic nitrogens is 2. The van der Waals surface area contributed by atoms with Crippen molar-refractivity contribution in [2.24, 2.45) is 0 Å². The predicted molar refractivity (Wildman–Crippen MR) is 95.2 cm³/mol. The SMILES string of the molecule is Cc1cccc(CS(=O)(=O)NCCc2nnc(-c3ccc(F)cc3)o2)c1. The summed E-state index contributed by atoms with van der Waals surface area (Å²) in [6.07, 6.45) is 0.265. The zero-order chi connectivity index (χ0) is 18.6. The zero-order valence-corrected chi connectivity index (χ0v) is 15.0. The fourth-order valence-corrected chi connectivity index (χ4v) is 3.58. The molecule has 0 aliphatic carbocycles. The molecule has 2 aromatic carbocycles. The number of rotatable bonds is 7. The molecule has 0 aliphatic heterocycles. The van der Waals surface area contributed by atoms with Crippen molar-refractivity contribution in [1.29, 1.82) is 0 Å². The van der Waals surface area contributed by atoms with Crippen molar-refractivity contribution in [3.63, 3.8) is 0 Å². The Bertz CT molecular complexity index is 985. The molecule has 1 N–H and O–H groups in total. The van der Waals surface area contributed by atoms with Gasteiger partial charge in [-0.3, -0.25) is 0 Å². The van der Waals surface area contributed by atoms with Crippen LogP contribution in [0.2, 0.25) is 0 Å². The molecule has 0 saturated carbocycles. The van der Waals surface area contributed by atoms with Gasteiger partial charge < -0.3 is 4.42 Å². The Morgan fingerprint density at radius 3 is 2.62 bits per heavy atom. The van der Waals surface area contributed by atoms with Crippen LogP contribution in [0, 0.1) is 12.7 Å². The highest BCUT2D eigenvalue weighted by Gasteiger charge is 2.13. The van der Waals surface area contributed by atoms with E-state index in [4.69, 9.17) is 4.42 Å². The average Bonchev–Trinajstić information content (AvgIpc) is 3.04. The molecule has 26 heavy (non-hydrogen) atoms. The zero-order valence-electron chi connectivity index (χ0n) is 14.1. The van der Waals surface area contributed by atoms with Crippen molar-refractivity contribution in [2.75, 3.05) is 6.54 Å². The third-order valence-electron chi connectivity index (χ3n) is 3.66. The highest BCUT2D eigenvalue weighted by Crippen LogP contribution is 2.18. The molecule has 0 spiro atoms. The minimum atomic E-state index is -3.45. The molecule has 0 atom stereocenters. The van der Waals surface area contributed by atoms with E-state index in [0.29, 0.717) is 11.5 Å². The van der Waals surface area contributed by atoms with Crippen molar-refractivity contribution < 1.29 is 17.2 Å². The van der Waals surface area contributed by atoms with Crippen LogP contribution in [0.5, 0.6) is 0 Å². The summed E-state index contributed by atoms with van der Waals surface area (Å²) >= 11 is 0. The van der Waals surface area contributed by atoms with E-state index in [1.54, 1.807) is 6.07 Å². The molecule has 1 heterocycles. The Kier molecular flexibility index (Phi) is 5.43. The fraction of sp³-hybridized carbons (Fsp3) is 0.222. The molecule has 3 aromatic rings. The second-order valence-electron chi connectivity index (χ2n) is 5.90. The lowest BCUT2D eigenvalue weighted by Crippen LogP contribution is -2.27. The first-order valence-electron chi connectivity index (χ1n) is 8.02. The third-order valence-corrected chi connectivity index (χ3v) is 5.02. The maximum Gasteiger partial charge on any atom is 0.247 e. The lowest BCUT2D eigenvalue weighted by Gasteiger charge is -2.06. The van der Waals surface area contributed by atoms with Crippen LogP contribution < -0.4 is 4.72 Å². The van der Waals surface area contributed by atoms with Gasteiger partial charge in [0.15, 0.2) is 0 Å². The Morgan fingerprint density at radius 2 is 1.88 bits per heavy atom. The van der Waals surface area contributed by atoms with E-state index in [-0.39, 0.29) is 30.4 Å². The van der Waals surface area contributed by atoms with Crippen LogP contribution in [0.4, 0.5) is 4.39 Å². The number of benzene rings is 2. The normalized spacial score (nSPS) is 11.6. The number of hydrogen-bond acceptors (Lipinski definition) is 5. The second kappa shape index (κ2) is 7.76. The second-order valence-corrected chi connectivity index (χ2v) is 7.71. The van der Waals surface area contributed by atoms with Crippen molar-refractivity contribution >= 4 is 10.0 Å².